The van der Waals surface area contributed by atoms with Crippen molar-refractivity contribution in [2.75, 3.05) is 0 Å². The predicted octanol–water partition coefficient (Wildman–Crippen LogP) is 0.485. The Bertz CT molecular complexity index is 678. The van der Waals surface area contributed by atoms with Gasteiger partial charge in [-0.2, -0.15) is 0 Å². The summed E-state index contributed by atoms with van der Waals surface area (Å²) in [6.45, 7) is 0.264. The second-order valence-electron chi connectivity index (χ2n) is 3.79. The Morgan fingerprint density at radius 1 is 1.19 bits per heavy atom. The highest BCUT2D eigenvalue weighted by molar-refractivity contribution is 6.45. The van der Waals surface area contributed by atoms with Gasteiger partial charge in [-0.25, -0.2) is 4.79 Å². The fraction of sp³-hybridized carbons (Fsp3) is 0.182. The topological polar surface area (TPSA) is 71.9 Å². The molecule has 2 aromatic rings. The lowest BCUT2D eigenvalue weighted by atomic mass is 10.1. The summed E-state index contributed by atoms with van der Waals surface area (Å²) in [6, 6.07) is 4.96. The summed E-state index contributed by atoms with van der Waals surface area (Å²) < 4.78 is 1.45. The molecule has 1 aromatic heterocycles. The minimum atomic E-state index is -0.504. The van der Waals surface area contributed by atoms with Gasteiger partial charge in [-0.15, -0.1) is 0 Å². The first-order valence-electron chi connectivity index (χ1n) is 4.97. The number of para-hydroxylation sites is 1. The first kappa shape index (κ1) is 9.08. The summed E-state index contributed by atoms with van der Waals surface area (Å²) >= 11 is 0. The minimum Gasteiger partial charge on any atom is -0.306 e. The maximum Gasteiger partial charge on any atom is 0.326 e. The van der Waals surface area contributed by atoms with E-state index in [2.05, 4.69) is 4.98 Å². The molecule has 5 heteroatoms. The van der Waals surface area contributed by atoms with Crippen molar-refractivity contribution in [3.8, 4) is 0 Å². The number of H-pyrrole nitrogens is 1. The number of Topliss-reactive ketones (excluding diaryl/α,β-unsaturated/α-hetero) is 2. The molecule has 0 unspecified atom stereocenters. The van der Waals surface area contributed by atoms with E-state index in [9.17, 15) is 14.4 Å². The van der Waals surface area contributed by atoms with E-state index in [0.29, 0.717) is 16.6 Å². The molecule has 1 N–H and O–H groups in total. The number of hydrogen-bond acceptors (Lipinski definition) is 3. The highest BCUT2D eigenvalue weighted by Gasteiger charge is 2.25. The molecule has 0 atom stereocenters. The quantitative estimate of drug-likeness (QED) is 0.651. The van der Waals surface area contributed by atoms with E-state index in [1.54, 1.807) is 18.2 Å². The third kappa shape index (κ3) is 1.02. The molecule has 0 amide bonds. The van der Waals surface area contributed by atoms with Crippen LogP contribution in [0.1, 0.15) is 16.8 Å². The molecule has 1 aliphatic rings. The monoisotopic (exact) mass is 216 g/mol. The molecule has 0 radical (unpaired) electrons. The minimum absolute atomic E-state index is 0.0837. The standard InChI is InChI=1S/C11H8N2O3/c14-8-4-5-13-9-6(10(8)15)2-1-3-7(9)12-11(13)16/h1-3H,4-5H2,(H,12,16). The third-order valence-electron chi connectivity index (χ3n) is 2.85. The number of hydrogen-bond donors (Lipinski definition) is 1. The number of aryl methyl sites for hydroxylation is 1. The summed E-state index contributed by atoms with van der Waals surface area (Å²) in [5, 5.41) is 0. The largest absolute Gasteiger partial charge is 0.326 e. The Kier molecular flexibility index (Phi) is 1.65. The van der Waals surface area contributed by atoms with Crippen molar-refractivity contribution in [3.05, 3.63) is 34.2 Å². The van der Waals surface area contributed by atoms with Crippen LogP contribution in [0.3, 0.4) is 0 Å². The van der Waals surface area contributed by atoms with Gasteiger partial charge in [0.1, 0.15) is 0 Å². The van der Waals surface area contributed by atoms with Crippen molar-refractivity contribution >= 4 is 22.6 Å². The van der Waals surface area contributed by atoms with Crippen LogP contribution in [0, 0.1) is 0 Å². The zero-order chi connectivity index (χ0) is 11.3. The second-order valence-corrected chi connectivity index (χ2v) is 3.79. The maximum atomic E-state index is 11.8. The van der Waals surface area contributed by atoms with Crippen molar-refractivity contribution in [3.63, 3.8) is 0 Å². The first-order chi connectivity index (χ1) is 7.68. The van der Waals surface area contributed by atoms with E-state index < -0.39 is 11.6 Å². The Labute approximate surface area is 89.7 Å². The highest BCUT2D eigenvalue weighted by Crippen LogP contribution is 2.20. The molecule has 0 spiro atoms. The number of aromatic nitrogens is 2. The van der Waals surface area contributed by atoms with Crippen molar-refractivity contribution in [2.45, 2.75) is 13.0 Å². The van der Waals surface area contributed by atoms with E-state index in [-0.39, 0.29) is 18.7 Å². The van der Waals surface area contributed by atoms with Gasteiger partial charge in [0, 0.05) is 13.0 Å². The van der Waals surface area contributed by atoms with Crippen LogP contribution in [0.4, 0.5) is 0 Å². The molecule has 0 fully saturated rings. The lowest BCUT2D eigenvalue weighted by molar-refractivity contribution is -0.115. The summed E-state index contributed by atoms with van der Waals surface area (Å²) in [5.74, 6) is -0.938. The SMILES string of the molecule is O=C1CCn2c(=O)[nH]c3cccc(c32)C1=O. The third-order valence-corrected chi connectivity index (χ3v) is 2.85. The molecule has 0 saturated heterocycles. The molecular weight excluding hydrogens is 208 g/mol. The van der Waals surface area contributed by atoms with E-state index >= 15 is 0 Å². The van der Waals surface area contributed by atoms with E-state index in [1.165, 1.54) is 4.57 Å². The second kappa shape index (κ2) is 2.91. The number of carbonyl (C=O) groups is 2. The molecule has 2 heterocycles. The summed E-state index contributed by atoms with van der Waals surface area (Å²) in [6.07, 6.45) is 0.0837. The van der Waals surface area contributed by atoms with Crippen molar-refractivity contribution in [2.24, 2.45) is 0 Å². The molecule has 80 valence electrons. The van der Waals surface area contributed by atoms with Gasteiger partial charge in [-0.05, 0) is 12.1 Å². The highest BCUT2D eigenvalue weighted by atomic mass is 16.2. The van der Waals surface area contributed by atoms with Crippen LogP contribution in [0.15, 0.2) is 23.0 Å². The number of ketones is 2. The average molecular weight is 216 g/mol. The van der Waals surface area contributed by atoms with E-state index in [4.69, 9.17) is 0 Å². The average Bonchev–Trinajstić information content (AvgIpc) is 2.53. The molecule has 0 saturated carbocycles. The maximum absolute atomic E-state index is 11.8. The Morgan fingerprint density at radius 3 is 2.81 bits per heavy atom. The molecule has 16 heavy (non-hydrogen) atoms. The van der Waals surface area contributed by atoms with Crippen molar-refractivity contribution in [1.29, 1.82) is 0 Å². The van der Waals surface area contributed by atoms with Gasteiger partial charge in [-0.1, -0.05) is 6.07 Å². The van der Waals surface area contributed by atoms with Crippen molar-refractivity contribution < 1.29 is 9.59 Å². The normalized spacial score (nSPS) is 15.5. The van der Waals surface area contributed by atoms with Crippen LogP contribution >= 0.6 is 0 Å². The Balaban J connectivity index is 2.51. The van der Waals surface area contributed by atoms with Crippen molar-refractivity contribution in [1.82, 2.24) is 9.55 Å². The van der Waals surface area contributed by atoms with Crippen LogP contribution in [0.5, 0.6) is 0 Å². The van der Waals surface area contributed by atoms with Crippen LogP contribution < -0.4 is 5.69 Å². The number of imidazole rings is 1. The van der Waals surface area contributed by atoms with Gasteiger partial charge in [0.2, 0.25) is 11.6 Å². The van der Waals surface area contributed by atoms with Gasteiger partial charge in [0.25, 0.3) is 0 Å². The predicted molar refractivity (Wildman–Crippen MR) is 56.5 cm³/mol. The zero-order valence-corrected chi connectivity index (χ0v) is 8.32. The molecule has 3 rings (SSSR count). The number of aromatic amines is 1. The van der Waals surface area contributed by atoms with E-state index in [1.807, 2.05) is 0 Å². The van der Waals surface area contributed by atoms with Crippen LogP contribution in [0.25, 0.3) is 11.0 Å². The Morgan fingerprint density at radius 2 is 2.00 bits per heavy atom. The van der Waals surface area contributed by atoms with Gasteiger partial charge in [0.05, 0.1) is 16.6 Å². The molecule has 0 aliphatic carbocycles. The fourth-order valence-electron chi connectivity index (χ4n) is 2.09. The molecule has 1 aliphatic heterocycles. The lowest BCUT2D eigenvalue weighted by Crippen LogP contribution is -2.17. The summed E-state index contributed by atoms with van der Waals surface area (Å²) in [4.78, 5) is 37.5. The first-order valence-corrected chi connectivity index (χ1v) is 4.97. The van der Waals surface area contributed by atoms with Crippen LogP contribution in [-0.2, 0) is 11.3 Å². The van der Waals surface area contributed by atoms with Crippen LogP contribution in [-0.4, -0.2) is 21.1 Å². The number of rotatable bonds is 0. The van der Waals surface area contributed by atoms with Gasteiger partial charge in [-0.3, -0.25) is 14.2 Å². The van der Waals surface area contributed by atoms with Gasteiger partial charge >= 0.3 is 5.69 Å². The number of benzene rings is 1. The number of carbonyl (C=O) groups excluding carboxylic acids is 2. The summed E-state index contributed by atoms with van der Waals surface area (Å²) in [5.41, 5.74) is 1.19. The fourth-order valence-corrected chi connectivity index (χ4v) is 2.09. The zero-order valence-electron chi connectivity index (χ0n) is 8.32. The van der Waals surface area contributed by atoms with Gasteiger partial charge < -0.3 is 4.98 Å². The smallest absolute Gasteiger partial charge is 0.306 e. The molecule has 1 aromatic carbocycles. The number of nitrogens with zero attached hydrogens (tertiary/aromatic N) is 1. The van der Waals surface area contributed by atoms with Gasteiger partial charge in [0.15, 0.2) is 0 Å². The van der Waals surface area contributed by atoms with Crippen LogP contribution in [0.2, 0.25) is 0 Å². The Hall–Kier alpha value is -2.17. The molecule has 0 bridgehead atoms. The number of nitrogens with one attached hydrogen (secondary N) is 1. The summed E-state index contributed by atoms with van der Waals surface area (Å²) in [7, 11) is 0. The molecule has 5 nitrogen and oxygen atoms in total. The molecular formula is C11H8N2O3. The van der Waals surface area contributed by atoms with E-state index in [0.717, 1.165) is 0 Å². The lowest BCUT2D eigenvalue weighted by Gasteiger charge is -1.99.